The van der Waals surface area contributed by atoms with E-state index in [9.17, 15) is 0 Å². The number of fused-ring (bicyclic) bond motifs is 6. The number of hydrogen-bond donors (Lipinski definition) is 0. The molecule has 0 saturated heterocycles. The van der Waals surface area contributed by atoms with Gasteiger partial charge in [-0.15, -0.1) is 0 Å². The van der Waals surface area contributed by atoms with Crippen LogP contribution in [-0.4, -0.2) is 27.5 Å². The maximum atomic E-state index is 2.76. The van der Waals surface area contributed by atoms with E-state index in [2.05, 4.69) is 190 Å². The summed E-state index contributed by atoms with van der Waals surface area (Å²) in [4.78, 5) is 8.04. The van der Waals surface area contributed by atoms with Crippen molar-refractivity contribution >= 4 is 86.0 Å². The van der Waals surface area contributed by atoms with Crippen LogP contribution >= 0.6 is 0 Å². The summed E-state index contributed by atoms with van der Waals surface area (Å²) >= 11 is 0. The molecular weight excluding hydrogens is 633 g/mol. The molecular formula is C46H44BN3Si. The van der Waals surface area contributed by atoms with E-state index >= 15 is 0 Å². The van der Waals surface area contributed by atoms with E-state index in [-0.39, 0.29) is 17.8 Å². The molecule has 0 unspecified atom stereocenters. The summed E-state index contributed by atoms with van der Waals surface area (Å²) in [5, 5.41) is 5.79. The Morgan fingerprint density at radius 1 is 0.588 bits per heavy atom. The van der Waals surface area contributed by atoms with Gasteiger partial charge in [-0.25, -0.2) is 0 Å². The van der Waals surface area contributed by atoms with Crippen LogP contribution in [0.5, 0.6) is 0 Å². The summed E-state index contributed by atoms with van der Waals surface area (Å²) < 4.78 is 0. The predicted molar refractivity (Wildman–Crippen MR) is 222 cm³/mol. The van der Waals surface area contributed by atoms with Crippen molar-refractivity contribution in [1.82, 2.24) is 0 Å². The fourth-order valence-corrected chi connectivity index (χ4v) is 15.6. The van der Waals surface area contributed by atoms with E-state index in [0.717, 1.165) is 12.8 Å². The summed E-state index contributed by atoms with van der Waals surface area (Å²) in [6, 6.07) is 51.7. The molecule has 4 heterocycles. The molecule has 4 aliphatic heterocycles. The number of para-hydroxylation sites is 3. The highest BCUT2D eigenvalue weighted by molar-refractivity contribution is 7.22. The third kappa shape index (κ3) is 3.70. The lowest BCUT2D eigenvalue weighted by molar-refractivity contribution is 0.401. The third-order valence-corrected chi connectivity index (χ3v) is 17.7. The number of hydrogen-bond acceptors (Lipinski definition) is 3. The Hall–Kier alpha value is -5.00. The third-order valence-electron chi connectivity index (χ3n) is 12.9. The molecule has 0 radical (unpaired) electrons. The summed E-state index contributed by atoms with van der Waals surface area (Å²) in [6.07, 6.45) is 2.06. The van der Waals surface area contributed by atoms with Crippen molar-refractivity contribution in [3.05, 3.63) is 139 Å². The van der Waals surface area contributed by atoms with Crippen LogP contribution in [-0.2, 0) is 5.41 Å². The molecule has 10 rings (SSSR count). The highest BCUT2D eigenvalue weighted by atomic mass is 28.3. The minimum absolute atomic E-state index is 0.0325. The number of anilines is 6. The molecule has 51 heavy (non-hydrogen) atoms. The minimum Gasteiger partial charge on any atom is -0.350 e. The zero-order valence-corrected chi connectivity index (χ0v) is 31.5. The van der Waals surface area contributed by atoms with Gasteiger partial charge in [0.05, 0.1) is 11.4 Å². The molecule has 0 saturated carbocycles. The number of benzene rings is 6. The van der Waals surface area contributed by atoms with Gasteiger partial charge >= 0.3 is 0 Å². The summed E-state index contributed by atoms with van der Waals surface area (Å²) in [5.74, 6) is 0. The molecule has 3 nitrogen and oxygen atoms in total. The van der Waals surface area contributed by atoms with Gasteiger partial charge in [0.1, 0.15) is 5.66 Å². The first-order valence-electron chi connectivity index (χ1n) is 18.8. The second kappa shape index (κ2) is 10.5. The van der Waals surface area contributed by atoms with Gasteiger partial charge in [0.2, 0.25) is 0 Å². The monoisotopic (exact) mass is 677 g/mol. The quantitative estimate of drug-likeness (QED) is 0.200. The number of nitrogens with zero attached hydrogens (tertiary/aromatic N) is 3. The van der Waals surface area contributed by atoms with Crippen LogP contribution in [0.1, 0.15) is 53.0 Å². The normalized spacial score (nSPS) is 16.7. The van der Waals surface area contributed by atoms with Gasteiger partial charge in [-0.3, -0.25) is 0 Å². The van der Waals surface area contributed by atoms with Gasteiger partial charge in [0.15, 0.2) is 8.07 Å². The molecule has 0 spiro atoms. The highest BCUT2D eigenvalue weighted by Crippen LogP contribution is 2.54. The van der Waals surface area contributed by atoms with Crippen LogP contribution in [0.4, 0.5) is 34.1 Å². The summed E-state index contributed by atoms with van der Waals surface area (Å²) in [7, 11) is -0.425. The van der Waals surface area contributed by atoms with Crippen LogP contribution in [0.2, 0.25) is 0 Å². The Balaban J connectivity index is 1.39. The Bertz CT molecular complexity index is 2340. The van der Waals surface area contributed by atoms with E-state index in [4.69, 9.17) is 0 Å². The van der Waals surface area contributed by atoms with Gasteiger partial charge in [-0.05, 0) is 85.2 Å². The second-order valence-corrected chi connectivity index (χ2v) is 19.7. The first-order valence-corrected chi connectivity index (χ1v) is 20.8. The van der Waals surface area contributed by atoms with E-state index in [1.54, 1.807) is 0 Å². The zero-order chi connectivity index (χ0) is 34.9. The minimum atomic E-state index is -2.75. The van der Waals surface area contributed by atoms with Crippen LogP contribution in [0, 0.1) is 0 Å². The van der Waals surface area contributed by atoms with Gasteiger partial charge in [-0.2, -0.15) is 0 Å². The SMILES string of the molecule is CCC1(CC)N(C)c2cccc3c2N1c1cc(C(C)(C)C)cc2c1B3c1cccc3c1N2c1ccccc1[Si]3(c1ccccc1)c1ccccc1. The van der Waals surface area contributed by atoms with Crippen LogP contribution in [0.25, 0.3) is 0 Å². The van der Waals surface area contributed by atoms with Gasteiger partial charge in [0, 0.05) is 29.8 Å². The Morgan fingerprint density at radius 3 is 1.78 bits per heavy atom. The maximum Gasteiger partial charge on any atom is 0.252 e. The molecule has 0 bridgehead atoms. The van der Waals surface area contributed by atoms with Crippen molar-refractivity contribution in [2.24, 2.45) is 0 Å². The fourth-order valence-electron chi connectivity index (χ4n) is 10.5. The average Bonchev–Trinajstić information content (AvgIpc) is 3.42. The highest BCUT2D eigenvalue weighted by Gasteiger charge is 2.57. The molecule has 0 aliphatic carbocycles. The first-order chi connectivity index (χ1) is 24.8. The van der Waals surface area contributed by atoms with Crippen LogP contribution in [0.15, 0.2) is 133 Å². The topological polar surface area (TPSA) is 9.72 Å². The van der Waals surface area contributed by atoms with Crippen molar-refractivity contribution in [2.75, 3.05) is 21.7 Å². The lowest BCUT2D eigenvalue weighted by Crippen LogP contribution is -2.79. The van der Waals surface area contributed by atoms with E-state index in [1.807, 2.05) is 0 Å². The lowest BCUT2D eigenvalue weighted by Gasteiger charge is -2.52. The summed E-state index contributed by atoms with van der Waals surface area (Å²) in [5.41, 5.74) is 13.7. The standard InChI is InChI=1S/C46H44BN3Si/c1-7-46(8-2)48(6)37-26-17-23-34-43(37)50(46)39-30-31(45(3,4)5)29-38-42(39)47(34)35-24-18-28-41-44(35)49(38)36-25-15-16-27-40(36)51(41,32-19-11-9-12-20-32)33-21-13-10-14-22-33/h9-30H,7-8H2,1-6H3. The molecule has 0 atom stereocenters. The van der Waals surface area contributed by atoms with E-state index in [0.29, 0.717) is 0 Å². The smallest absolute Gasteiger partial charge is 0.252 e. The average molecular weight is 678 g/mol. The van der Waals surface area contributed by atoms with Gasteiger partial charge in [-0.1, -0.05) is 144 Å². The molecule has 0 amide bonds. The molecule has 0 fully saturated rings. The molecule has 0 aromatic heterocycles. The maximum absolute atomic E-state index is 2.76. The zero-order valence-electron chi connectivity index (χ0n) is 30.5. The predicted octanol–water partition coefficient (Wildman–Crippen LogP) is 6.39. The summed E-state index contributed by atoms with van der Waals surface area (Å²) in [6.45, 7) is 12.0. The van der Waals surface area contributed by atoms with E-state index < -0.39 is 8.07 Å². The fraction of sp³-hybridized carbons (Fsp3) is 0.217. The largest absolute Gasteiger partial charge is 0.350 e. The number of rotatable bonds is 4. The van der Waals surface area contributed by atoms with Crippen molar-refractivity contribution in [2.45, 2.75) is 58.5 Å². The van der Waals surface area contributed by atoms with Crippen molar-refractivity contribution in [3.8, 4) is 0 Å². The molecule has 6 aromatic rings. The van der Waals surface area contributed by atoms with E-state index in [1.165, 1.54) is 76.8 Å². The molecule has 5 heteroatoms. The molecule has 6 aromatic carbocycles. The molecule has 250 valence electrons. The molecule has 0 N–H and O–H groups in total. The Kier molecular flexibility index (Phi) is 6.35. The van der Waals surface area contributed by atoms with Crippen LogP contribution in [0.3, 0.4) is 0 Å². The van der Waals surface area contributed by atoms with Gasteiger partial charge < -0.3 is 14.7 Å². The van der Waals surface area contributed by atoms with Crippen molar-refractivity contribution < 1.29 is 0 Å². The van der Waals surface area contributed by atoms with Crippen molar-refractivity contribution in [3.63, 3.8) is 0 Å². The van der Waals surface area contributed by atoms with Gasteiger partial charge in [0.25, 0.3) is 6.71 Å². The Morgan fingerprint density at radius 2 is 1.14 bits per heavy atom. The Labute approximate surface area is 304 Å². The lowest BCUT2D eigenvalue weighted by atomic mass is 9.33. The second-order valence-electron chi connectivity index (χ2n) is 16.0. The molecule has 4 aliphatic rings. The van der Waals surface area contributed by atoms with Crippen molar-refractivity contribution in [1.29, 1.82) is 0 Å². The first kappa shape index (κ1) is 30.8. The van der Waals surface area contributed by atoms with Crippen LogP contribution < -0.4 is 51.8 Å².